The van der Waals surface area contributed by atoms with Gasteiger partial charge in [-0.25, -0.2) is 4.39 Å². The number of hydrogen-bond donors (Lipinski definition) is 0. The highest BCUT2D eigenvalue weighted by Crippen LogP contribution is 2.39. The number of piperidine rings is 1. The molecule has 1 aromatic carbocycles. The van der Waals surface area contributed by atoms with Crippen molar-refractivity contribution >= 4 is 16.9 Å². The van der Waals surface area contributed by atoms with Crippen molar-refractivity contribution in [3.05, 3.63) is 36.3 Å². The minimum atomic E-state index is -0.293. The van der Waals surface area contributed by atoms with Crippen molar-refractivity contribution in [1.29, 1.82) is 0 Å². The van der Waals surface area contributed by atoms with E-state index >= 15 is 0 Å². The van der Waals surface area contributed by atoms with Gasteiger partial charge in [-0.15, -0.1) is 0 Å². The number of ether oxygens (including phenoxy) is 2. The Morgan fingerprint density at radius 1 is 1.30 bits per heavy atom. The molecule has 4 rings (SSSR count). The number of hydrogen-bond acceptors (Lipinski definition) is 5. The van der Waals surface area contributed by atoms with Crippen LogP contribution >= 0.6 is 0 Å². The van der Waals surface area contributed by atoms with E-state index in [2.05, 4.69) is 9.88 Å². The molecule has 2 aliphatic rings. The first-order chi connectivity index (χ1) is 13.1. The van der Waals surface area contributed by atoms with Crippen LogP contribution in [-0.4, -0.2) is 46.7 Å². The Morgan fingerprint density at radius 2 is 2.04 bits per heavy atom. The Labute approximate surface area is 158 Å². The molecule has 2 aromatic rings. The molecule has 4 atom stereocenters. The van der Waals surface area contributed by atoms with Crippen LogP contribution in [0.5, 0.6) is 5.75 Å². The van der Waals surface area contributed by atoms with Crippen LogP contribution in [0.15, 0.2) is 30.5 Å². The second-order valence-corrected chi connectivity index (χ2v) is 7.44. The number of halogens is 1. The fraction of sp³-hybridized carbons (Fsp3) is 0.524. The lowest BCUT2D eigenvalue weighted by atomic mass is 9.97. The van der Waals surface area contributed by atoms with Crippen LogP contribution in [0.1, 0.15) is 39.5 Å². The molecule has 0 radical (unpaired) electrons. The first kappa shape index (κ1) is 18.2. The molecule has 2 fully saturated rings. The van der Waals surface area contributed by atoms with Crippen LogP contribution in [0.25, 0.3) is 10.9 Å². The van der Waals surface area contributed by atoms with E-state index in [9.17, 15) is 9.18 Å². The molecule has 2 aliphatic heterocycles. The molecule has 2 bridgehead atoms. The summed E-state index contributed by atoms with van der Waals surface area (Å²) in [6.07, 6.45) is 5.61. The number of carbonyl (C=O) groups is 1. The zero-order chi connectivity index (χ0) is 19.0. The monoisotopic (exact) mass is 372 g/mol. The van der Waals surface area contributed by atoms with E-state index in [4.69, 9.17) is 9.47 Å². The van der Waals surface area contributed by atoms with Crippen molar-refractivity contribution in [2.75, 3.05) is 6.61 Å². The molecular weight excluding hydrogens is 347 g/mol. The van der Waals surface area contributed by atoms with Crippen molar-refractivity contribution in [3.8, 4) is 5.75 Å². The van der Waals surface area contributed by atoms with Crippen molar-refractivity contribution in [2.45, 2.75) is 63.8 Å². The molecule has 0 amide bonds. The zero-order valence-corrected chi connectivity index (χ0v) is 15.7. The van der Waals surface area contributed by atoms with Gasteiger partial charge < -0.3 is 9.47 Å². The summed E-state index contributed by atoms with van der Waals surface area (Å²) in [6.45, 7) is 4.18. The SMILES string of the molecule is CCOC(=O)C(C)N1[C@@H]2CC[C@H]1CC(Oc1ccnc3ccc(F)cc13)C2. The number of aromatic nitrogens is 1. The van der Waals surface area contributed by atoms with Gasteiger partial charge in [0, 0.05) is 23.7 Å². The molecule has 0 spiro atoms. The molecule has 0 aliphatic carbocycles. The normalized spacial score (nSPS) is 26.1. The molecule has 2 saturated heterocycles. The lowest BCUT2D eigenvalue weighted by Crippen LogP contribution is -2.53. The molecule has 0 N–H and O–H groups in total. The topological polar surface area (TPSA) is 51.7 Å². The molecule has 6 heteroatoms. The Balaban J connectivity index is 1.50. The fourth-order valence-corrected chi connectivity index (χ4v) is 4.65. The number of pyridine rings is 1. The second-order valence-electron chi connectivity index (χ2n) is 7.44. The van der Waals surface area contributed by atoms with E-state index in [-0.39, 0.29) is 23.9 Å². The minimum absolute atomic E-state index is 0.0574. The molecule has 144 valence electrons. The summed E-state index contributed by atoms with van der Waals surface area (Å²) in [4.78, 5) is 18.8. The van der Waals surface area contributed by atoms with Gasteiger partial charge in [0.15, 0.2) is 0 Å². The summed E-state index contributed by atoms with van der Waals surface area (Å²) in [5.41, 5.74) is 0.727. The molecule has 1 aromatic heterocycles. The van der Waals surface area contributed by atoms with Crippen LogP contribution < -0.4 is 4.74 Å². The van der Waals surface area contributed by atoms with Gasteiger partial charge in [0.05, 0.1) is 12.1 Å². The molecule has 5 nitrogen and oxygen atoms in total. The first-order valence-electron chi connectivity index (χ1n) is 9.71. The smallest absolute Gasteiger partial charge is 0.323 e. The van der Waals surface area contributed by atoms with Crippen LogP contribution in [0.2, 0.25) is 0 Å². The molecular formula is C21H25FN2O3. The highest BCUT2D eigenvalue weighted by Gasteiger charge is 2.45. The van der Waals surface area contributed by atoms with Gasteiger partial charge in [-0.3, -0.25) is 14.7 Å². The van der Waals surface area contributed by atoms with Gasteiger partial charge >= 0.3 is 5.97 Å². The maximum Gasteiger partial charge on any atom is 0.323 e. The van der Waals surface area contributed by atoms with Crippen LogP contribution in [0, 0.1) is 5.82 Å². The van der Waals surface area contributed by atoms with Crippen LogP contribution in [0.4, 0.5) is 4.39 Å². The Hall–Kier alpha value is -2.21. The summed E-state index contributed by atoms with van der Waals surface area (Å²) in [7, 11) is 0. The summed E-state index contributed by atoms with van der Waals surface area (Å²) in [6, 6.07) is 6.77. The largest absolute Gasteiger partial charge is 0.490 e. The summed E-state index contributed by atoms with van der Waals surface area (Å²) in [5.74, 6) is 0.235. The summed E-state index contributed by atoms with van der Waals surface area (Å²) >= 11 is 0. The average Bonchev–Trinajstić information content (AvgIpc) is 2.92. The van der Waals surface area contributed by atoms with E-state index in [1.165, 1.54) is 12.1 Å². The Morgan fingerprint density at radius 3 is 2.74 bits per heavy atom. The molecule has 0 saturated carbocycles. The van der Waals surface area contributed by atoms with Gasteiger partial charge in [0.1, 0.15) is 23.7 Å². The number of nitrogens with zero attached hydrogens (tertiary/aromatic N) is 2. The number of carbonyl (C=O) groups excluding carboxylic acids is 1. The standard InChI is InChI=1S/C21H25FN2O3/c1-3-26-21(25)13(2)24-15-5-6-16(24)12-17(11-15)27-20-8-9-23-19-7-4-14(22)10-18(19)20/h4,7-10,13,15-17H,3,5-6,11-12H2,1-2H3/t13?,15-,16+,17?. The van der Waals surface area contributed by atoms with Gasteiger partial charge in [-0.05, 0) is 63.8 Å². The van der Waals surface area contributed by atoms with Gasteiger partial charge in [-0.2, -0.15) is 0 Å². The van der Waals surface area contributed by atoms with E-state index in [1.807, 2.05) is 13.8 Å². The van der Waals surface area contributed by atoms with E-state index in [0.29, 0.717) is 29.8 Å². The third-order valence-corrected chi connectivity index (χ3v) is 5.78. The maximum absolute atomic E-state index is 13.7. The van der Waals surface area contributed by atoms with Crippen LogP contribution in [-0.2, 0) is 9.53 Å². The highest BCUT2D eigenvalue weighted by atomic mass is 19.1. The fourth-order valence-electron chi connectivity index (χ4n) is 4.65. The maximum atomic E-state index is 13.7. The van der Waals surface area contributed by atoms with Gasteiger partial charge in [-0.1, -0.05) is 0 Å². The first-order valence-corrected chi connectivity index (χ1v) is 9.71. The predicted molar refractivity (Wildman–Crippen MR) is 100 cm³/mol. The van der Waals surface area contributed by atoms with E-state index < -0.39 is 0 Å². The number of benzene rings is 1. The molecule has 27 heavy (non-hydrogen) atoms. The molecule has 3 heterocycles. The quantitative estimate of drug-likeness (QED) is 0.749. The lowest BCUT2D eigenvalue weighted by Gasteiger charge is -2.41. The second kappa shape index (κ2) is 7.43. The summed E-state index contributed by atoms with van der Waals surface area (Å²) in [5, 5.41) is 0.701. The average molecular weight is 372 g/mol. The Kier molecular flexibility index (Phi) is 5.00. The van der Waals surface area contributed by atoms with Crippen molar-refractivity contribution in [3.63, 3.8) is 0 Å². The third kappa shape index (κ3) is 3.50. The lowest BCUT2D eigenvalue weighted by molar-refractivity contribution is -0.151. The zero-order valence-electron chi connectivity index (χ0n) is 15.7. The number of fused-ring (bicyclic) bond motifs is 3. The Bertz CT molecular complexity index is 829. The van der Waals surface area contributed by atoms with Gasteiger partial charge in [0.2, 0.25) is 0 Å². The number of esters is 1. The number of rotatable bonds is 5. The third-order valence-electron chi connectivity index (χ3n) is 5.78. The van der Waals surface area contributed by atoms with E-state index in [1.54, 1.807) is 18.3 Å². The highest BCUT2D eigenvalue weighted by molar-refractivity contribution is 5.84. The van der Waals surface area contributed by atoms with Crippen molar-refractivity contribution < 1.29 is 18.7 Å². The molecule has 2 unspecified atom stereocenters. The van der Waals surface area contributed by atoms with Gasteiger partial charge in [0.25, 0.3) is 0 Å². The van der Waals surface area contributed by atoms with Crippen molar-refractivity contribution in [1.82, 2.24) is 9.88 Å². The van der Waals surface area contributed by atoms with Crippen molar-refractivity contribution in [2.24, 2.45) is 0 Å². The van der Waals surface area contributed by atoms with Crippen LogP contribution in [0.3, 0.4) is 0 Å². The van der Waals surface area contributed by atoms with E-state index in [0.717, 1.165) is 31.2 Å². The summed E-state index contributed by atoms with van der Waals surface area (Å²) < 4.78 is 25.2. The predicted octanol–water partition coefficient (Wildman–Crippen LogP) is 3.70. The minimum Gasteiger partial charge on any atom is -0.490 e.